The van der Waals surface area contributed by atoms with Gasteiger partial charge in [0.05, 0.1) is 5.38 Å². The summed E-state index contributed by atoms with van der Waals surface area (Å²) in [7, 11) is 0. The summed E-state index contributed by atoms with van der Waals surface area (Å²) in [6.45, 7) is 0.254. The fraction of sp³-hybridized carbons (Fsp3) is 0.200. The van der Waals surface area contributed by atoms with Crippen LogP contribution < -0.4 is 5.32 Å². The Bertz CT molecular complexity index is 808. The first-order chi connectivity index (χ1) is 12.6. The molecular formula is C20H18ClNO3S. The van der Waals surface area contributed by atoms with Gasteiger partial charge < -0.3 is 4.74 Å². The summed E-state index contributed by atoms with van der Waals surface area (Å²) in [4.78, 5) is 23.8. The van der Waals surface area contributed by atoms with Crippen molar-refractivity contribution in [2.45, 2.75) is 18.2 Å². The molecule has 0 radical (unpaired) electrons. The number of halogens is 1. The summed E-state index contributed by atoms with van der Waals surface area (Å²) in [6, 6.07) is 19.4. The van der Waals surface area contributed by atoms with Crippen LogP contribution in [0, 0.1) is 0 Å². The fourth-order valence-electron chi connectivity index (χ4n) is 2.56. The van der Waals surface area contributed by atoms with Crippen LogP contribution in [0.25, 0.3) is 5.76 Å². The predicted octanol–water partition coefficient (Wildman–Crippen LogP) is 4.60. The molecule has 26 heavy (non-hydrogen) atoms. The van der Waals surface area contributed by atoms with Crippen molar-refractivity contribution in [2.24, 2.45) is 0 Å². The van der Waals surface area contributed by atoms with Gasteiger partial charge in [-0.25, -0.2) is 0 Å². The van der Waals surface area contributed by atoms with Crippen molar-refractivity contribution in [3.63, 3.8) is 0 Å². The van der Waals surface area contributed by atoms with Crippen LogP contribution in [0.15, 0.2) is 65.6 Å². The molecule has 2 amide bonds. The zero-order valence-corrected chi connectivity index (χ0v) is 15.6. The molecule has 1 fully saturated rings. The van der Waals surface area contributed by atoms with E-state index < -0.39 is 11.1 Å². The zero-order valence-electron chi connectivity index (χ0n) is 14.0. The molecule has 0 aromatic heterocycles. The van der Waals surface area contributed by atoms with Crippen LogP contribution in [0.1, 0.15) is 17.5 Å². The molecule has 1 N–H and O–H groups in total. The zero-order chi connectivity index (χ0) is 18.4. The molecule has 0 saturated carbocycles. The third-order valence-corrected chi connectivity index (χ3v) is 5.06. The Kier molecular flexibility index (Phi) is 6.36. The summed E-state index contributed by atoms with van der Waals surface area (Å²) >= 11 is 7.26. The van der Waals surface area contributed by atoms with Crippen LogP contribution in [0.4, 0.5) is 4.79 Å². The molecule has 1 heterocycles. The summed E-state index contributed by atoms with van der Waals surface area (Å²) in [5.41, 5.74) is 1.96. The van der Waals surface area contributed by atoms with Crippen molar-refractivity contribution >= 4 is 40.3 Å². The van der Waals surface area contributed by atoms with E-state index in [-0.39, 0.29) is 16.9 Å². The standard InChI is InChI=1S/C20H18ClNO3S/c21-16(12-11-14-7-3-1-4-8-14)13-25-17(15-9-5-2-6-10-15)18-19(23)22-20(24)26-18/h1-10,16H,11-13H2,(H,22,23,24). The highest BCUT2D eigenvalue weighted by Gasteiger charge is 2.30. The normalized spacial score (nSPS) is 17.0. The van der Waals surface area contributed by atoms with E-state index in [0.717, 1.165) is 30.2 Å². The van der Waals surface area contributed by atoms with Gasteiger partial charge in [0.15, 0.2) is 0 Å². The van der Waals surface area contributed by atoms with Crippen LogP contribution in [0.5, 0.6) is 0 Å². The highest BCUT2D eigenvalue weighted by Crippen LogP contribution is 2.32. The van der Waals surface area contributed by atoms with E-state index in [1.165, 1.54) is 5.56 Å². The third kappa shape index (κ3) is 4.90. The highest BCUT2D eigenvalue weighted by atomic mass is 35.5. The molecule has 1 aliphatic rings. The predicted molar refractivity (Wildman–Crippen MR) is 105 cm³/mol. The Morgan fingerprint density at radius 1 is 1.04 bits per heavy atom. The molecule has 2 aromatic carbocycles. The SMILES string of the molecule is O=C1NC(=O)C(=C(OCC(Cl)CCc2ccccc2)c2ccccc2)S1. The van der Waals surface area contributed by atoms with Gasteiger partial charge >= 0.3 is 0 Å². The van der Waals surface area contributed by atoms with Crippen LogP contribution in [-0.2, 0) is 16.0 Å². The Hall–Kier alpha value is -2.24. The monoisotopic (exact) mass is 387 g/mol. The maximum Gasteiger partial charge on any atom is 0.291 e. The van der Waals surface area contributed by atoms with Gasteiger partial charge in [0, 0.05) is 5.56 Å². The fourth-order valence-corrected chi connectivity index (χ4v) is 3.47. The number of carbonyl (C=O) groups excluding carboxylic acids is 2. The van der Waals surface area contributed by atoms with Crippen molar-refractivity contribution < 1.29 is 14.3 Å². The number of benzene rings is 2. The lowest BCUT2D eigenvalue weighted by molar-refractivity contribution is -0.115. The number of nitrogens with one attached hydrogen (secondary N) is 1. The topological polar surface area (TPSA) is 55.4 Å². The summed E-state index contributed by atoms with van der Waals surface area (Å²) in [6.07, 6.45) is 1.60. The molecule has 1 aliphatic heterocycles. The minimum absolute atomic E-state index is 0.209. The molecule has 0 bridgehead atoms. The van der Waals surface area contributed by atoms with Gasteiger partial charge in [0.25, 0.3) is 11.1 Å². The largest absolute Gasteiger partial charge is 0.490 e. The Labute approximate surface area is 161 Å². The molecule has 3 rings (SSSR count). The molecule has 134 valence electrons. The van der Waals surface area contributed by atoms with E-state index in [2.05, 4.69) is 17.4 Å². The van der Waals surface area contributed by atoms with Crippen molar-refractivity contribution in [1.29, 1.82) is 0 Å². The first kappa shape index (κ1) is 18.5. The van der Waals surface area contributed by atoms with E-state index in [0.29, 0.717) is 5.76 Å². The van der Waals surface area contributed by atoms with Gasteiger partial charge in [-0.1, -0.05) is 60.7 Å². The first-order valence-corrected chi connectivity index (χ1v) is 9.52. The number of alkyl halides is 1. The van der Waals surface area contributed by atoms with E-state index in [4.69, 9.17) is 16.3 Å². The highest BCUT2D eigenvalue weighted by molar-refractivity contribution is 8.18. The molecule has 1 atom stereocenters. The summed E-state index contributed by atoms with van der Waals surface area (Å²) in [5.74, 6) is -0.0430. The minimum Gasteiger partial charge on any atom is -0.490 e. The number of aryl methyl sites for hydroxylation is 1. The number of rotatable bonds is 7. The van der Waals surface area contributed by atoms with E-state index in [1.807, 2.05) is 48.5 Å². The molecule has 1 saturated heterocycles. The lowest BCUT2D eigenvalue weighted by Crippen LogP contribution is -2.19. The van der Waals surface area contributed by atoms with E-state index in [9.17, 15) is 9.59 Å². The second-order valence-corrected chi connectivity index (χ2v) is 7.40. The molecule has 6 heteroatoms. The average molecular weight is 388 g/mol. The lowest BCUT2D eigenvalue weighted by atomic mass is 10.1. The van der Waals surface area contributed by atoms with Gasteiger partial charge in [-0.3, -0.25) is 14.9 Å². The molecule has 1 unspecified atom stereocenters. The van der Waals surface area contributed by atoms with E-state index in [1.54, 1.807) is 0 Å². The van der Waals surface area contributed by atoms with Gasteiger partial charge in [-0.15, -0.1) is 11.6 Å². The summed E-state index contributed by atoms with van der Waals surface area (Å²) in [5, 5.41) is 1.66. The lowest BCUT2D eigenvalue weighted by Gasteiger charge is -2.15. The van der Waals surface area contributed by atoms with Gasteiger partial charge in [0.1, 0.15) is 17.3 Å². The second-order valence-electron chi connectivity index (χ2n) is 5.80. The number of carbonyl (C=O) groups is 2. The number of amides is 2. The second kappa shape index (κ2) is 8.92. The first-order valence-electron chi connectivity index (χ1n) is 8.27. The Morgan fingerprint density at radius 3 is 2.31 bits per heavy atom. The third-order valence-electron chi connectivity index (χ3n) is 3.86. The van der Waals surface area contributed by atoms with E-state index >= 15 is 0 Å². The molecule has 0 aliphatic carbocycles. The Balaban J connectivity index is 1.68. The van der Waals surface area contributed by atoms with Crippen molar-refractivity contribution in [3.05, 3.63) is 76.7 Å². The Morgan fingerprint density at radius 2 is 1.69 bits per heavy atom. The number of hydrogen-bond donors (Lipinski definition) is 1. The minimum atomic E-state index is -0.436. The number of ether oxygens (including phenoxy) is 1. The van der Waals surface area contributed by atoms with Crippen LogP contribution in [0.2, 0.25) is 0 Å². The van der Waals surface area contributed by atoms with Gasteiger partial charge in [-0.05, 0) is 30.2 Å². The molecular weight excluding hydrogens is 370 g/mol. The van der Waals surface area contributed by atoms with Crippen LogP contribution in [-0.4, -0.2) is 23.1 Å². The average Bonchev–Trinajstić information content (AvgIpc) is 3.00. The maximum absolute atomic E-state index is 12.0. The number of hydrogen-bond acceptors (Lipinski definition) is 4. The molecule has 2 aromatic rings. The summed E-state index contributed by atoms with van der Waals surface area (Å²) < 4.78 is 5.89. The maximum atomic E-state index is 12.0. The smallest absolute Gasteiger partial charge is 0.291 e. The van der Waals surface area contributed by atoms with Crippen molar-refractivity contribution in [3.8, 4) is 0 Å². The van der Waals surface area contributed by atoms with Crippen molar-refractivity contribution in [2.75, 3.05) is 6.61 Å². The quantitative estimate of drug-likeness (QED) is 0.428. The van der Waals surface area contributed by atoms with Crippen molar-refractivity contribution in [1.82, 2.24) is 5.32 Å². The van der Waals surface area contributed by atoms with Gasteiger partial charge in [0.2, 0.25) is 0 Å². The van der Waals surface area contributed by atoms with Gasteiger partial charge in [-0.2, -0.15) is 0 Å². The van der Waals surface area contributed by atoms with Crippen LogP contribution >= 0.6 is 23.4 Å². The molecule has 0 spiro atoms. The number of thioether (sulfide) groups is 1. The molecule has 4 nitrogen and oxygen atoms in total. The van der Waals surface area contributed by atoms with Crippen LogP contribution in [0.3, 0.4) is 0 Å². The number of imide groups is 1.